The van der Waals surface area contributed by atoms with Gasteiger partial charge in [0.2, 0.25) is 0 Å². The van der Waals surface area contributed by atoms with Crippen LogP contribution in [0.2, 0.25) is 0 Å². The van der Waals surface area contributed by atoms with E-state index in [1.54, 1.807) is 24.3 Å². The maximum Gasteiger partial charge on any atom is 0.382 e. The molecule has 0 heterocycles. The summed E-state index contributed by atoms with van der Waals surface area (Å²) in [7, 11) is 0. The Morgan fingerprint density at radius 3 is 2.43 bits per heavy atom. The van der Waals surface area contributed by atoms with E-state index >= 15 is 0 Å². The molecular weight excluding hydrogens is 178 g/mol. The van der Waals surface area contributed by atoms with Gasteiger partial charge < -0.3 is 10.8 Å². The third-order valence-corrected chi connectivity index (χ3v) is 1.35. The highest BCUT2D eigenvalue weighted by Crippen LogP contribution is 2.03. The second kappa shape index (κ2) is 4.59. The van der Waals surface area contributed by atoms with Gasteiger partial charge in [0.15, 0.2) is 0 Å². The fraction of sp³-hybridized carbons (Fsp3) is 0. The van der Waals surface area contributed by atoms with Crippen molar-refractivity contribution in [2.24, 2.45) is 0 Å². The first kappa shape index (κ1) is 9.70. The van der Waals surface area contributed by atoms with Gasteiger partial charge in [-0.25, -0.2) is 4.79 Å². The molecule has 3 heteroatoms. The second-order valence-corrected chi connectivity index (χ2v) is 2.43. The lowest BCUT2D eigenvalue weighted by molar-refractivity contribution is -0.130. The molecule has 0 saturated heterocycles. The Labute approximate surface area is 81.6 Å². The molecule has 3 N–H and O–H groups in total. The maximum atomic E-state index is 10.00. The van der Waals surface area contributed by atoms with Crippen LogP contribution in [0.25, 0.3) is 0 Å². The largest absolute Gasteiger partial charge is 0.472 e. The summed E-state index contributed by atoms with van der Waals surface area (Å²) in [5.41, 5.74) is 6.88. The minimum Gasteiger partial charge on any atom is -0.472 e. The molecule has 0 amide bonds. The van der Waals surface area contributed by atoms with Crippen molar-refractivity contribution in [3.63, 3.8) is 0 Å². The van der Waals surface area contributed by atoms with Crippen molar-refractivity contribution in [3.8, 4) is 23.7 Å². The molecule has 0 spiro atoms. The molecule has 0 atom stereocenters. The average Bonchev–Trinajstić information content (AvgIpc) is 2.15. The highest BCUT2D eigenvalue weighted by atomic mass is 16.4. The lowest BCUT2D eigenvalue weighted by Crippen LogP contribution is -1.85. The van der Waals surface area contributed by atoms with Crippen LogP contribution in [0.5, 0.6) is 0 Å². The lowest BCUT2D eigenvalue weighted by atomic mass is 10.2. The monoisotopic (exact) mass is 185 g/mol. The number of carboxylic acids is 1. The molecule has 0 saturated carbocycles. The van der Waals surface area contributed by atoms with Crippen molar-refractivity contribution in [2.45, 2.75) is 0 Å². The summed E-state index contributed by atoms with van der Waals surface area (Å²) in [6.07, 6.45) is 0. The van der Waals surface area contributed by atoms with Crippen LogP contribution in [0.3, 0.4) is 0 Å². The van der Waals surface area contributed by atoms with Crippen LogP contribution in [-0.2, 0) is 4.79 Å². The van der Waals surface area contributed by atoms with E-state index in [0.29, 0.717) is 5.69 Å². The second-order valence-electron chi connectivity index (χ2n) is 2.43. The van der Waals surface area contributed by atoms with Crippen molar-refractivity contribution in [2.75, 3.05) is 5.73 Å². The molecule has 0 radical (unpaired) electrons. The maximum absolute atomic E-state index is 10.00. The number of rotatable bonds is 0. The zero-order valence-electron chi connectivity index (χ0n) is 7.24. The molecule has 0 unspecified atom stereocenters. The highest BCUT2D eigenvalue weighted by Gasteiger charge is 1.85. The summed E-state index contributed by atoms with van der Waals surface area (Å²) >= 11 is 0. The Morgan fingerprint density at radius 1 is 1.21 bits per heavy atom. The summed E-state index contributed by atoms with van der Waals surface area (Å²) in [5, 5.41) is 8.19. The zero-order valence-corrected chi connectivity index (χ0v) is 7.24. The van der Waals surface area contributed by atoms with E-state index in [1.807, 2.05) is 5.92 Å². The van der Waals surface area contributed by atoms with Crippen molar-refractivity contribution in [1.82, 2.24) is 0 Å². The van der Waals surface area contributed by atoms with Crippen molar-refractivity contribution in [3.05, 3.63) is 29.8 Å². The highest BCUT2D eigenvalue weighted by molar-refractivity contribution is 5.87. The summed E-state index contributed by atoms with van der Waals surface area (Å²) in [4.78, 5) is 10.00. The summed E-state index contributed by atoms with van der Waals surface area (Å²) in [6, 6.07) is 6.92. The number of anilines is 1. The number of aliphatic carboxylic acids is 1. The third kappa shape index (κ3) is 3.34. The molecule has 3 nitrogen and oxygen atoms in total. The van der Waals surface area contributed by atoms with Crippen molar-refractivity contribution in [1.29, 1.82) is 0 Å². The van der Waals surface area contributed by atoms with Crippen molar-refractivity contribution < 1.29 is 9.90 Å². The summed E-state index contributed by atoms with van der Waals surface area (Å²) < 4.78 is 0. The third-order valence-electron chi connectivity index (χ3n) is 1.35. The Hall–Kier alpha value is -2.39. The van der Waals surface area contributed by atoms with Gasteiger partial charge in [0.25, 0.3) is 0 Å². The molecule has 1 aromatic carbocycles. The molecule has 0 aliphatic carbocycles. The first-order valence-electron chi connectivity index (χ1n) is 3.79. The number of hydrogen-bond donors (Lipinski definition) is 2. The molecule has 1 rings (SSSR count). The number of carbonyl (C=O) groups is 1. The van der Waals surface area contributed by atoms with Crippen LogP contribution < -0.4 is 5.73 Å². The van der Waals surface area contributed by atoms with E-state index < -0.39 is 5.97 Å². The minimum atomic E-state index is -1.18. The normalized spacial score (nSPS) is 7.71. The Balaban J connectivity index is 2.75. The summed E-state index contributed by atoms with van der Waals surface area (Å²) in [6.45, 7) is 0. The fourth-order valence-corrected chi connectivity index (χ4v) is 0.755. The Bertz CT molecular complexity index is 452. The molecule has 1 aromatic rings. The van der Waals surface area contributed by atoms with Gasteiger partial charge in [-0.15, -0.1) is 0 Å². The Kier molecular flexibility index (Phi) is 3.18. The number of benzene rings is 1. The van der Waals surface area contributed by atoms with Gasteiger partial charge in [-0.05, 0) is 36.1 Å². The number of hydrogen-bond acceptors (Lipinski definition) is 2. The van der Waals surface area contributed by atoms with E-state index in [0.717, 1.165) is 5.56 Å². The standard InChI is InChI=1S/C11H7NO2/c12-10-7-5-9(6-8-10)3-1-2-4-11(13)14/h5-8H,12H2,(H,13,14). The molecule has 0 aromatic heterocycles. The van der Waals surface area contributed by atoms with E-state index in [-0.39, 0.29) is 0 Å². The van der Waals surface area contributed by atoms with Gasteiger partial charge in [-0.2, -0.15) is 0 Å². The van der Waals surface area contributed by atoms with Gasteiger partial charge in [-0.1, -0.05) is 5.92 Å². The smallest absolute Gasteiger partial charge is 0.382 e. The van der Waals surface area contributed by atoms with E-state index in [2.05, 4.69) is 17.8 Å². The van der Waals surface area contributed by atoms with Crippen LogP contribution in [0.4, 0.5) is 5.69 Å². The lowest BCUT2D eigenvalue weighted by Gasteiger charge is -1.90. The quantitative estimate of drug-likeness (QED) is 0.462. The molecular formula is C11H7NO2. The van der Waals surface area contributed by atoms with E-state index in [9.17, 15) is 4.79 Å². The van der Waals surface area contributed by atoms with Gasteiger partial charge in [0, 0.05) is 17.2 Å². The van der Waals surface area contributed by atoms with Gasteiger partial charge in [0.05, 0.1) is 0 Å². The first-order valence-corrected chi connectivity index (χ1v) is 3.79. The molecule has 0 aliphatic heterocycles. The predicted molar refractivity (Wildman–Crippen MR) is 53.1 cm³/mol. The Morgan fingerprint density at radius 2 is 1.86 bits per heavy atom. The number of carboxylic acid groups (broad SMARTS) is 1. The predicted octanol–water partition coefficient (Wildman–Crippen LogP) is 0.708. The van der Waals surface area contributed by atoms with Gasteiger partial charge in [-0.3, -0.25) is 0 Å². The van der Waals surface area contributed by atoms with E-state index in [4.69, 9.17) is 10.8 Å². The van der Waals surface area contributed by atoms with Crippen LogP contribution in [0, 0.1) is 23.7 Å². The average molecular weight is 185 g/mol. The topological polar surface area (TPSA) is 63.3 Å². The fourth-order valence-electron chi connectivity index (χ4n) is 0.755. The van der Waals surface area contributed by atoms with Crippen LogP contribution in [-0.4, -0.2) is 11.1 Å². The summed E-state index contributed by atoms with van der Waals surface area (Å²) in [5.74, 6) is 8.02. The molecule has 0 aliphatic rings. The van der Waals surface area contributed by atoms with Gasteiger partial charge >= 0.3 is 5.97 Å². The van der Waals surface area contributed by atoms with Crippen LogP contribution >= 0.6 is 0 Å². The molecule has 0 fully saturated rings. The zero-order chi connectivity index (χ0) is 10.4. The number of nitrogen functional groups attached to an aromatic ring is 1. The first-order chi connectivity index (χ1) is 6.68. The van der Waals surface area contributed by atoms with Crippen molar-refractivity contribution >= 4 is 11.7 Å². The number of nitrogens with two attached hydrogens (primary N) is 1. The van der Waals surface area contributed by atoms with Crippen LogP contribution in [0.1, 0.15) is 5.56 Å². The van der Waals surface area contributed by atoms with E-state index in [1.165, 1.54) is 0 Å². The molecule has 0 bridgehead atoms. The minimum absolute atomic E-state index is 0.659. The molecule has 14 heavy (non-hydrogen) atoms. The van der Waals surface area contributed by atoms with Gasteiger partial charge in [0.1, 0.15) is 0 Å². The van der Waals surface area contributed by atoms with Crippen LogP contribution in [0.15, 0.2) is 24.3 Å². The molecule has 68 valence electrons. The SMILES string of the molecule is Nc1ccc(C#CC#CC(=O)O)cc1.